The van der Waals surface area contributed by atoms with Crippen LogP contribution in [0.5, 0.6) is 0 Å². The Morgan fingerprint density at radius 3 is 2.78 bits per heavy atom. The maximum atomic E-state index is 5.75. The molecule has 1 unspecified atom stereocenters. The molecule has 1 fully saturated rings. The van der Waals surface area contributed by atoms with Crippen LogP contribution in [0, 0.1) is 5.92 Å². The lowest BCUT2D eigenvalue weighted by molar-refractivity contribution is 0.446. The normalized spacial score (nSPS) is 32.0. The van der Waals surface area contributed by atoms with Gasteiger partial charge in [-0.1, -0.05) is 0 Å². The summed E-state index contributed by atoms with van der Waals surface area (Å²) in [6, 6.07) is 0.415. The van der Waals surface area contributed by atoms with Crippen molar-refractivity contribution in [3.63, 3.8) is 0 Å². The molecule has 0 aromatic carbocycles. The summed E-state index contributed by atoms with van der Waals surface area (Å²) < 4.78 is 0. The van der Waals surface area contributed by atoms with E-state index in [1.165, 1.54) is 24.3 Å². The Hall–Kier alpha value is 0.310. The predicted octanol–water partition coefficient (Wildman–Crippen LogP) is 1.48. The van der Waals surface area contributed by atoms with Crippen molar-refractivity contribution in [1.29, 1.82) is 0 Å². The van der Waals surface area contributed by atoms with E-state index in [0.29, 0.717) is 6.04 Å². The molecule has 0 radical (unpaired) electrons. The van der Waals surface area contributed by atoms with Gasteiger partial charge in [-0.2, -0.15) is 11.8 Å². The van der Waals surface area contributed by atoms with Gasteiger partial charge in [-0.25, -0.2) is 0 Å². The molecule has 0 aliphatic carbocycles. The summed E-state index contributed by atoms with van der Waals surface area (Å²) in [4.78, 5) is 0. The smallest absolute Gasteiger partial charge is 0.00466 e. The third-order valence-corrected chi connectivity index (χ3v) is 3.18. The lowest BCUT2D eigenvalue weighted by Gasteiger charge is -2.24. The first-order valence-corrected chi connectivity index (χ1v) is 4.79. The summed E-state index contributed by atoms with van der Waals surface area (Å²) in [6.45, 7) is 2.12. The van der Waals surface area contributed by atoms with Crippen molar-refractivity contribution < 1.29 is 0 Å². The van der Waals surface area contributed by atoms with Gasteiger partial charge >= 0.3 is 0 Å². The van der Waals surface area contributed by atoms with E-state index >= 15 is 0 Å². The SMILES string of the molecule is C[C@@H](N)C1CCCSC1. The minimum Gasteiger partial charge on any atom is -0.328 e. The molecule has 1 saturated heterocycles. The lowest BCUT2D eigenvalue weighted by atomic mass is 9.99. The highest BCUT2D eigenvalue weighted by Crippen LogP contribution is 2.23. The van der Waals surface area contributed by atoms with E-state index in [1.54, 1.807) is 0 Å². The quantitative estimate of drug-likeness (QED) is 0.605. The van der Waals surface area contributed by atoms with Crippen molar-refractivity contribution in [3.05, 3.63) is 0 Å². The fourth-order valence-electron chi connectivity index (χ4n) is 1.18. The second-order valence-corrected chi connectivity index (χ2v) is 3.99. The van der Waals surface area contributed by atoms with E-state index < -0.39 is 0 Å². The van der Waals surface area contributed by atoms with Gasteiger partial charge in [0.05, 0.1) is 0 Å². The number of thioether (sulfide) groups is 1. The van der Waals surface area contributed by atoms with Gasteiger partial charge in [0.2, 0.25) is 0 Å². The molecule has 0 amide bonds. The number of rotatable bonds is 1. The molecule has 1 rings (SSSR count). The van der Waals surface area contributed by atoms with Crippen LogP contribution in [0.1, 0.15) is 19.8 Å². The highest BCUT2D eigenvalue weighted by Gasteiger charge is 2.16. The zero-order valence-corrected chi connectivity index (χ0v) is 6.79. The van der Waals surface area contributed by atoms with Gasteiger partial charge in [0, 0.05) is 6.04 Å². The van der Waals surface area contributed by atoms with Gasteiger partial charge in [0.1, 0.15) is 0 Å². The highest BCUT2D eigenvalue weighted by molar-refractivity contribution is 7.99. The van der Waals surface area contributed by atoms with Crippen LogP contribution >= 0.6 is 11.8 Å². The van der Waals surface area contributed by atoms with Crippen LogP contribution < -0.4 is 5.73 Å². The topological polar surface area (TPSA) is 26.0 Å². The number of hydrogen-bond donors (Lipinski definition) is 1. The van der Waals surface area contributed by atoms with Crippen molar-refractivity contribution in [3.8, 4) is 0 Å². The fraction of sp³-hybridized carbons (Fsp3) is 1.00. The Bertz CT molecular complexity index is 77.0. The van der Waals surface area contributed by atoms with Gasteiger partial charge in [-0.05, 0) is 37.2 Å². The molecule has 0 aromatic rings. The van der Waals surface area contributed by atoms with E-state index in [0.717, 1.165) is 5.92 Å². The predicted molar refractivity (Wildman–Crippen MR) is 43.7 cm³/mol. The van der Waals surface area contributed by atoms with Gasteiger partial charge in [-0.3, -0.25) is 0 Å². The average Bonchev–Trinajstić information content (AvgIpc) is 1.90. The average molecular weight is 145 g/mol. The van der Waals surface area contributed by atoms with Crippen LogP contribution in [0.4, 0.5) is 0 Å². The van der Waals surface area contributed by atoms with Crippen LogP contribution in [0.25, 0.3) is 0 Å². The second kappa shape index (κ2) is 3.47. The van der Waals surface area contributed by atoms with Crippen LogP contribution in [0.2, 0.25) is 0 Å². The lowest BCUT2D eigenvalue weighted by Crippen LogP contribution is -2.30. The van der Waals surface area contributed by atoms with Gasteiger partial charge in [0.25, 0.3) is 0 Å². The molecule has 2 atom stereocenters. The fourth-order valence-corrected chi connectivity index (χ4v) is 2.49. The van der Waals surface area contributed by atoms with E-state index in [9.17, 15) is 0 Å². The summed E-state index contributed by atoms with van der Waals surface area (Å²) in [6.07, 6.45) is 2.72. The molecule has 2 N–H and O–H groups in total. The molecule has 0 aromatic heterocycles. The monoisotopic (exact) mass is 145 g/mol. The third kappa shape index (κ3) is 2.18. The zero-order chi connectivity index (χ0) is 6.69. The molecule has 0 spiro atoms. The summed E-state index contributed by atoms with van der Waals surface area (Å²) in [5, 5.41) is 0. The van der Waals surface area contributed by atoms with Gasteiger partial charge in [-0.15, -0.1) is 0 Å². The Balaban J connectivity index is 2.23. The van der Waals surface area contributed by atoms with E-state index in [4.69, 9.17) is 5.73 Å². The minimum absolute atomic E-state index is 0.415. The van der Waals surface area contributed by atoms with Gasteiger partial charge < -0.3 is 5.73 Å². The van der Waals surface area contributed by atoms with E-state index in [1.807, 2.05) is 0 Å². The first-order chi connectivity index (χ1) is 4.30. The van der Waals surface area contributed by atoms with E-state index in [-0.39, 0.29) is 0 Å². The van der Waals surface area contributed by atoms with Crippen molar-refractivity contribution >= 4 is 11.8 Å². The van der Waals surface area contributed by atoms with Crippen LogP contribution in [0.3, 0.4) is 0 Å². The summed E-state index contributed by atoms with van der Waals surface area (Å²) in [5.74, 6) is 3.43. The standard InChI is InChI=1S/C7H15NS/c1-6(8)7-3-2-4-9-5-7/h6-7H,2-5,8H2,1H3/t6-,7?/m1/s1. The molecule has 1 nitrogen and oxygen atoms in total. The molecule has 1 aliphatic rings. The zero-order valence-electron chi connectivity index (χ0n) is 5.97. The first kappa shape index (κ1) is 7.42. The van der Waals surface area contributed by atoms with Crippen molar-refractivity contribution in [2.75, 3.05) is 11.5 Å². The molecule has 2 heteroatoms. The minimum atomic E-state index is 0.415. The molecule has 1 aliphatic heterocycles. The third-order valence-electron chi connectivity index (χ3n) is 1.94. The molecule has 54 valence electrons. The molecular weight excluding hydrogens is 130 g/mol. The molecule has 0 bridgehead atoms. The summed E-state index contributed by atoms with van der Waals surface area (Å²) in [5.41, 5.74) is 5.75. The number of nitrogens with two attached hydrogens (primary N) is 1. The van der Waals surface area contributed by atoms with E-state index in [2.05, 4.69) is 18.7 Å². The highest BCUT2D eigenvalue weighted by atomic mass is 32.2. The van der Waals surface area contributed by atoms with Crippen molar-refractivity contribution in [2.24, 2.45) is 11.7 Å². The largest absolute Gasteiger partial charge is 0.328 e. The Morgan fingerprint density at radius 1 is 1.67 bits per heavy atom. The molecule has 0 saturated carbocycles. The summed E-state index contributed by atoms with van der Waals surface area (Å²) in [7, 11) is 0. The van der Waals surface area contributed by atoms with Crippen LogP contribution in [-0.2, 0) is 0 Å². The van der Waals surface area contributed by atoms with Gasteiger partial charge in [0.15, 0.2) is 0 Å². The Morgan fingerprint density at radius 2 is 2.44 bits per heavy atom. The molecule has 9 heavy (non-hydrogen) atoms. The Labute approximate surface area is 61.4 Å². The van der Waals surface area contributed by atoms with Crippen LogP contribution in [-0.4, -0.2) is 17.5 Å². The Kier molecular flexibility index (Phi) is 2.86. The van der Waals surface area contributed by atoms with Crippen molar-refractivity contribution in [1.82, 2.24) is 0 Å². The number of hydrogen-bond acceptors (Lipinski definition) is 2. The maximum absolute atomic E-state index is 5.75. The first-order valence-electron chi connectivity index (χ1n) is 3.64. The molecular formula is C7H15NS. The second-order valence-electron chi connectivity index (χ2n) is 2.84. The van der Waals surface area contributed by atoms with Crippen LogP contribution in [0.15, 0.2) is 0 Å². The molecule has 1 heterocycles. The maximum Gasteiger partial charge on any atom is 0.00466 e. The summed E-state index contributed by atoms with van der Waals surface area (Å²) >= 11 is 2.05. The van der Waals surface area contributed by atoms with Crippen molar-refractivity contribution in [2.45, 2.75) is 25.8 Å².